The lowest BCUT2D eigenvalue weighted by Gasteiger charge is -2.01. The molecule has 0 saturated carbocycles. The number of para-hydroxylation sites is 1. The van der Waals surface area contributed by atoms with Gasteiger partial charge in [-0.3, -0.25) is 14.6 Å². The van der Waals surface area contributed by atoms with Crippen molar-refractivity contribution < 1.29 is 14.7 Å². The minimum absolute atomic E-state index is 0.107. The second-order valence-electron chi connectivity index (χ2n) is 4.40. The second-order valence-corrected chi connectivity index (χ2v) is 6.58. The van der Waals surface area contributed by atoms with Crippen LogP contribution in [0, 0.1) is 0 Å². The molecule has 0 fully saturated rings. The number of carboxylic acids is 1. The van der Waals surface area contributed by atoms with Gasteiger partial charge in [0.2, 0.25) is 5.12 Å². The lowest BCUT2D eigenvalue weighted by atomic mass is 10.1. The minimum atomic E-state index is -0.932. The van der Waals surface area contributed by atoms with Crippen molar-refractivity contribution >= 4 is 56.0 Å². The van der Waals surface area contributed by atoms with Crippen LogP contribution in [0.1, 0.15) is 5.56 Å². The number of pyridine rings is 1. The Morgan fingerprint density at radius 3 is 2.95 bits per heavy atom. The van der Waals surface area contributed by atoms with E-state index in [0.717, 1.165) is 40.0 Å². The van der Waals surface area contributed by atoms with Crippen molar-refractivity contribution in [3.8, 4) is 0 Å². The lowest BCUT2D eigenvalue weighted by molar-refractivity contribution is -0.133. The highest BCUT2D eigenvalue weighted by Gasteiger charge is 2.23. The van der Waals surface area contributed by atoms with E-state index in [1.807, 2.05) is 30.3 Å². The van der Waals surface area contributed by atoms with E-state index in [2.05, 4.69) is 9.98 Å². The zero-order chi connectivity index (χ0) is 15.5. The lowest BCUT2D eigenvalue weighted by Crippen LogP contribution is -1.99. The van der Waals surface area contributed by atoms with Crippen LogP contribution in [0.4, 0.5) is 0 Å². The first-order chi connectivity index (χ1) is 10.6. The van der Waals surface area contributed by atoms with Crippen LogP contribution in [0.2, 0.25) is 0 Å². The number of rotatable bonds is 3. The van der Waals surface area contributed by atoms with Gasteiger partial charge in [-0.15, -0.1) is 0 Å². The highest BCUT2D eigenvalue weighted by molar-refractivity contribution is 8.45. The van der Waals surface area contributed by atoms with Crippen LogP contribution in [-0.4, -0.2) is 31.3 Å². The first-order valence-electron chi connectivity index (χ1n) is 6.34. The molecule has 0 aliphatic carbocycles. The van der Waals surface area contributed by atoms with Gasteiger partial charge in [-0.1, -0.05) is 30.0 Å². The molecule has 0 spiro atoms. The van der Waals surface area contributed by atoms with Crippen molar-refractivity contribution in [1.82, 2.24) is 4.98 Å². The molecular formula is C15H10N2O3S2. The molecule has 5 nitrogen and oxygen atoms in total. The fourth-order valence-corrected chi connectivity index (χ4v) is 3.53. The van der Waals surface area contributed by atoms with E-state index in [0.29, 0.717) is 10.1 Å². The smallest absolute Gasteiger partial charge is 0.313 e. The maximum atomic E-state index is 12.0. The summed E-state index contributed by atoms with van der Waals surface area (Å²) in [7, 11) is 0. The monoisotopic (exact) mass is 330 g/mol. The third kappa shape index (κ3) is 3.20. The maximum Gasteiger partial charge on any atom is 0.313 e. The Labute approximate surface area is 134 Å². The van der Waals surface area contributed by atoms with Gasteiger partial charge in [0.05, 0.1) is 11.3 Å². The summed E-state index contributed by atoms with van der Waals surface area (Å²) in [4.78, 5) is 31.0. The first kappa shape index (κ1) is 14.8. The summed E-state index contributed by atoms with van der Waals surface area (Å²) in [6.07, 6.45) is 3.40. The SMILES string of the molecule is O=C(O)CSC1=NC(=Cc2ccnc3ccccc23)C(=O)S1. The van der Waals surface area contributed by atoms with Crippen LogP contribution >= 0.6 is 23.5 Å². The number of fused-ring (bicyclic) bond motifs is 1. The van der Waals surface area contributed by atoms with E-state index in [9.17, 15) is 9.59 Å². The molecule has 2 aromatic rings. The van der Waals surface area contributed by atoms with Crippen molar-refractivity contribution in [3.05, 3.63) is 47.8 Å². The van der Waals surface area contributed by atoms with E-state index in [1.54, 1.807) is 12.3 Å². The molecule has 1 aromatic carbocycles. The van der Waals surface area contributed by atoms with Gasteiger partial charge in [-0.05, 0) is 35.5 Å². The fourth-order valence-electron chi connectivity index (χ4n) is 1.97. The van der Waals surface area contributed by atoms with Crippen molar-refractivity contribution in [3.63, 3.8) is 0 Å². The normalized spacial score (nSPS) is 16.3. The predicted octanol–water partition coefficient (Wildman–Crippen LogP) is 3.02. The van der Waals surface area contributed by atoms with Crippen molar-refractivity contribution in [2.75, 3.05) is 5.75 Å². The van der Waals surface area contributed by atoms with Gasteiger partial charge in [0, 0.05) is 11.6 Å². The Balaban J connectivity index is 1.93. The number of carbonyl (C=O) groups excluding carboxylic acids is 1. The number of benzene rings is 1. The van der Waals surface area contributed by atoms with Gasteiger partial charge in [0.15, 0.2) is 0 Å². The number of carboxylic acid groups (broad SMARTS) is 1. The standard InChI is InChI=1S/C15H10N2O3S2/c18-13(19)8-21-15-17-12(14(20)22-15)7-9-5-6-16-11-4-2-1-3-10(9)11/h1-7H,8H2,(H,18,19). The van der Waals surface area contributed by atoms with Gasteiger partial charge >= 0.3 is 5.97 Å². The van der Waals surface area contributed by atoms with Crippen molar-refractivity contribution in [1.29, 1.82) is 0 Å². The third-order valence-electron chi connectivity index (χ3n) is 2.89. The summed E-state index contributed by atoms with van der Waals surface area (Å²) in [5, 5.41) is 9.44. The summed E-state index contributed by atoms with van der Waals surface area (Å²) in [5.41, 5.74) is 2.04. The number of carbonyl (C=O) groups is 2. The van der Waals surface area contributed by atoms with Crippen molar-refractivity contribution in [2.24, 2.45) is 4.99 Å². The Bertz CT molecular complexity index is 825. The number of hydrogen-bond acceptors (Lipinski definition) is 6. The highest BCUT2D eigenvalue weighted by Crippen LogP contribution is 2.31. The molecule has 0 unspecified atom stereocenters. The number of hydrogen-bond donors (Lipinski definition) is 1. The predicted molar refractivity (Wildman–Crippen MR) is 89.8 cm³/mol. The van der Waals surface area contributed by atoms with Crippen LogP contribution in [0.5, 0.6) is 0 Å². The molecule has 7 heteroatoms. The molecule has 0 amide bonds. The Hall–Kier alpha value is -2.12. The molecular weight excluding hydrogens is 320 g/mol. The average Bonchev–Trinajstić information content (AvgIpc) is 2.86. The van der Waals surface area contributed by atoms with E-state index in [1.165, 1.54) is 0 Å². The number of nitrogens with zero attached hydrogens (tertiary/aromatic N) is 2. The van der Waals surface area contributed by atoms with E-state index < -0.39 is 5.97 Å². The van der Waals surface area contributed by atoms with E-state index in [-0.39, 0.29) is 10.9 Å². The summed E-state index contributed by atoms with van der Waals surface area (Å²) >= 11 is 2.02. The van der Waals surface area contributed by atoms with Crippen LogP contribution in [-0.2, 0) is 9.59 Å². The molecule has 22 heavy (non-hydrogen) atoms. The van der Waals surface area contributed by atoms with E-state index in [4.69, 9.17) is 5.11 Å². The summed E-state index contributed by atoms with van der Waals surface area (Å²) in [6.45, 7) is 0. The molecule has 0 saturated heterocycles. The second kappa shape index (κ2) is 6.33. The average molecular weight is 330 g/mol. The summed E-state index contributed by atoms with van der Waals surface area (Å²) in [5.74, 6) is -1.04. The quantitative estimate of drug-likeness (QED) is 0.872. The topological polar surface area (TPSA) is 79.6 Å². The van der Waals surface area contributed by atoms with Crippen molar-refractivity contribution in [2.45, 2.75) is 0 Å². The van der Waals surface area contributed by atoms with Gasteiger partial charge in [0.1, 0.15) is 10.1 Å². The number of aliphatic imine (C=N–C) groups is 1. The van der Waals surface area contributed by atoms with Gasteiger partial charge in [0.25, 0.3) is 0 Å². The Kier molecular flexibility index (Phi) is 4.26. The molecule has 0 bridgehead atoms. The zero-order valence-electron chi connectivity index (χ0n) is 11.2. The molecule has 1 N–H and O–H groups in total. The highest BCUT2D eigenvalue weighted by atomic mass is 32.2. The minimum Gasteiger partial charge on any atom is -0.481 e. The summed E-state index contributed by atoms with van der Waals surface area (Å²) < 4.78 is 0.469. The van der Waals surface area contributed by atoms with Gasteiger partial charge < -0.3 is 5.11 Å². The first-order valence-corrected chi connectivity index (χ1v) is 8.14. The number of aromatic nitrogens is 1. The molecule has 0 radical (unpaired) electrons. The molecule has 0 atom stereocenters. The van der Waals surface area contributed by atoms with Crippen LogP contribution in [0.3, 0.4) is 0 Å². The summed E-state index contributed by atoms with van der Waals surface area (Å²) in [6, 6.07) is 9.48. The molecule has 110 valence electrons. The van der Waals surface area contributed by atoms with E-state index >= 15 is 0 Å². The Morgan fingerprint density at radius 1 is 1.32 bits per heavy atom. The molecule has 1 aliphatic heterocycles. The molecule has 1 aromatic heterocycles. The number of thioether (sulfide) groups is 2. The molecule has 3 rings (SSSR count). The van der Waals surface area contributed by atoms with Crippen LogP contribution in [0.25, 0.3) is 17.0 Å². The third-order valence-corrected chi connectivity index (χ3v) is 4.89. The zero-order valence-corrected chi connectivity index (χ0v) is 12.9. The van der Waals surface area contributed by atoms with Crippen LogP contribution in [0.15, 0.2) is 47.2 Å². The Morgan fingerprint density at radius 2 is 2.14 bits per heavy atom. The van der Waals surface area contributed by atoms with Gasteiger partial charge in [-0.25, -0.2) is 4.99 Å². The van der Waals surface area contributed by atoms with Gasteiger partial charge in [-0.2, -0.15) is 0 Å². The largest absolute Gasteiger partial charge is 0.481 e. The molecule has 2 heterocycles. The van der Waals surface area contributed by atoms with Crippen LogP contribution < -0.4 is 0 Å². The fraction of sp³-hybridized carbons (Fsp3) is 0.0667. The number of aliphatic carboxylic acids is 1. The maximum absolute atomic E-state index is 12.0. The molecule has 1 aliphatic rings.